The largest absolute Gasteiger partial charge is 0.363 e. The second-order valence-electron chi connectivity index (χ2n) is 2.31. The van der Waals surface area contributed by atoms with E-state index < -0.39 is 6.29 Å². The first-order valence-electron chi connectivity index (χ1n) is 3.65. The minimum absolute atomic E-state index is 0.801. The second kappa shape index (κ2) is 3.55. The summed E-state index contributed by atoms with van der Waals surface area (Å²) in [7, 11) is 1.48. The summed E-state index contributed by atoms with van der Waals surface area (Å²) in [6, 6.07) is 3.73. The number of aromatic nitrogens is 1. The molecule has 0 amide bonds. The number of aryl methyl sites for hydroxylation is 1. The van der Waals surface area contributed by atoms with Crippen LogP contribution in [-0.4, -0.2) is 16.8 Å². The summed E-state index contributed by atoms with van der Waals surface area (Å²) >= 11 is 0. The molecule has 11 heavy (non-hydrogen) atoms. The summed E-state index contributed by atoms with van der Waals surface area (Å²) in [6.45, 7) is 2.87. The summed E-state index contributed by atoms with van der Waals surface area (Å²) in [5.74, 6) is 0. The van der Waals surface area contributed by atoms with Gasteiger partial charge in [0.15, 0.2) is 6.29 Å². The number of hydrogen-bond donors (Lipinski definition) is 1. The Morgan fingerprint density at radius 3 is 3.00 bits per heavy atom. The molecule has 1 aromatic heterocycles. The van der Waals surface area contributed by atoms with Gasteiger partial charge in [0, 0.05) is 19.9 Å². The molecule has 0 fully saturated rings. The van der Waals surface area contributed by atoms with Gasteiger partial charge in [-0.2, -0.15) is 0 Å². The lowest BCUT2D eigenvalue weighted by molar-refractivity contribution is -0.0819. The van der Waals surface area contributed by atoms with E-state index >= 15 is 0 Å². The molecule has 3 heteroatoms. The molecule has 0 bridgehead atoms. The quantitative estimate of drug-likeness (QED) is 0.664. The van der Waals surface area contributed by atoms with Gasteiger partial charge >= 0.3 is 0 Å². The van der Waals surface area contributed by atoms with Crippen LogP contribution in [-0.2, 0) is 11.3 Å². The van der Waals surface area contributed by atoms with Crippen molar-refractivity contribution < 1.29 is 9.84 Å². The molecule has 0 aliphatic carbocycles. The summed E-state index contributed by atoms with van der Waals surface area (Å²) < 4.78 is 6.71. The van der Waals surface area contributed by atoms with Crippen molar-refractivity contribution in [2.24, 2.45) is 0 Å². The number of ether oxygens (including phenoxy) is 1. The average molecular weight is 155 g/mol. The molecule has 0 aliphatic rings. The van der Waals surface area contributed by atoms with Crippen LogP contribution in [0.25, 0.3) is 0 Å². The van der Waals surface area contributed by atoms with Gasteiger partial charge in [0.25, 0.3) is 0 Å². The molecule has 1 rings (SSSR count). The van der Waals surface area contributed by atoms with Crippen LogP contribution in [0.15, 0.2) is 18.3 Å². The van der Waals surface area contributed by atoms with E-state index in [4.69, 9.17) is 4.74 Å². The lowest BCUT2D eigenvalue weighted by atomic mass is 10.4. The monoisotopic (exact) mass is 155 g/mol. The molecule has 1 aromatic rings. The van der Waals surface area contributed by atoms with Crippen LogP contribution in [0.5, 0.6) is 0 Å². The number of aliphatic hydroxyl groups excluding tert-OH is 1. The van der Waals surface area contributed by atoms with E-state index in [0.717, 1.165) is 12.2 Å². The average Bonchev–Trinajstić information content (AvgIpc) is 2.50. The normalized spacial score (nSPS) is 13.4. The van der Waals surface area contributed by atoms with E-state index in [1.807, 2.05) is 29.8 Å². The van der Waals surface area contributed by atoms with E-state index in [1.54, 1.807) is 0 Å². The number of nitrogens with zero attached hydrogens (tertiary/aromatic N) is 1. The third-order valence-electron chi connectivity index (χ3n) is 1.68. The summed E-state index contributed by atoms with van der Waals surface area (Å²) in [4.78, 5) is 0. The predicted octanol–water partition coefficient (Wildman–Crippen LogP) is 1.15. The molecule has 62 valence electrons. The van der Waals surface area contributed by atoms with Crippen molar-refractivity contribution in [2.45, 2.75) is 19.8 Å². The van der Waals surface area contributed by atoms with Crippen molar-refractivity contribution in [1.29, 1.82) is 0 Å². The molecule has 1 unspecified atom stereocenters. The van der Waals surface area contributed by atoms with Gasteiger partial charge in [-0.3, -0.25) is 0 Å². The Balaban J connectivity index is 2.83. The fraction of sp³-hybridized carbons (Fsp3) is 0.500. The Hall–Kier alpha value is -0.800. The molecule has 0 radical (unpaired) electrons. The van der Waals surface area contributed by atoms with Gasteiger partial charge < -0.3 is 14.4 Å². The molecule has 1 atom stereocenters. The minimum Gasteiger partial charge on any atom is -0.363 e. The van der Waals surface area contributed by atoms with Crippen molar-refractivity contribution in [3.8, 4) is 0 Å². The number of rotatable bonds is 3. The topological polar surface area (TPSA) is 34.4 Å². The summed E-state index contributed by atoms with van der Waals surface area (Å²) in [6.07, 6.45) is 1.11. The van der Waals surface area contributed by atoms with Crippen LogP contribution in [0.3, 0.4) is 0 Å². The van der Waals surface area contributed by atoms with Crippen molar-refractivity contribution in [1.82, 2.24) is 4.57 Å². The molecule has 0 saturated carbocycles. The first-order chi connectivity index (χ1) is 5.29. The fourth-order valence-corrected chi connectivity index (χ4v) is 1.06. The lowest BCUT2D eigenvalue weighted by Crippen LogP contribution is -2.06. The Morgan fingerprint density at radius 2 is 2.45 bits per heavy atom. The molecule has 3 nitrogen and oxygen atoms in total. The standard InChI is InChI=1S/C8H13NO2/c1-3-9-6-4-5-7(9)8(10)11-2/h4-6,8,10H,3H2,1-2H3. The SMILES string of the molecule is CCn1cccc1C(O)OC. The highest BCUT2D eigenvalue weighted by atomic mass is 16.6. The highest BCUT2D eigenvalue weighted by Crippen LogP contribution is 2.13. The second-order valence-corrected chi connectivity index (χ2v) is 2.31. The third-order valence-corrected chi connectivity index (χ3v) is 1.68. The number of methoxy groups -OCH3 is 1. The van der Waals surface area contributed by atoms with Crippen LogP contribution in [0.2, 0.25) is 0 Å². The van der Waals surface area contributed by atoms with E-state index in [9.17, 15) is 5.11 Å². The van der Waals surface area contributed by atoms with Crippen LogP contribution in [0, 0.1) is 0 Å². The molecule has 0 spiro atoms. The van der Waals surface area contributed by atoms with E-state index in [1.165, 1.54) is 7.11 Å². The first kappa shape index (κ1) is 8.30. The van der Waals surface area contributed by atoms with Crippen LogP contribution in [0.4, 0.5) is 0 Å². The Morgan fingerprint density at radius 1 is 1.73 bits per heavy atom. The zero-order chi connectivity index (χ0) is 8.27. The van der Waals surface area contributed by atoms with Crippen molar-refractivity contribution >= 4 is 0 Å². The molecule has 0 saturated heterocycles. The van der Waals surface area contributed by atoms with Crippen LogP contribution in [0.1, 0.15) is 18.9 Å². The maximum Gasteiger partial charge on any atom is 0.196 e. The molecule has 0 aromatic carbocycles. The van der Waals surface area contributed by atoms with E-state index in [0.29, 0.717) is 0 Å². The Kier molecular flexibility index (Phi) is 2.68. The molecule has 0 aliphatic heterocycles. The molecule has 1 heterocycles. The highest BCUT2D eigenvalue weighted by molar-refractivity contribution is 5.08. The predicted molar refractivity (Wildman–Crippen MR) is 42.1 cm³/mol. The third kappa shape index (κ3) is 1.61. The van der Waals surface area contributed by atoms with E-state index in [2.05, 4.69) is 0 Å². The van der Waals surface area contributed by atoms with Crippen molar-refractivity contribution in [3.63, 3.8) is 0 Å². The highest BCUT2D eigenvalue weighted by Gasteiger charge is 2.08. The Labute approximate surface area is 66.2 Å². The maximum atomic E-state index is 9.29. The molecular formula is C8H13NO2. The zero-order valence-corrected chi connectivity index (χ0v) is 6.82. The van der Waals surface area contributed by atoms with Gasteiger partial charge in [0.2, 0.25) is 0 Å². The molecular weight excluding hydrogens is 142 g/mol. The maximum absolute atomic E-state index is 9.29. The van der Waals surface area contributed by atoms with Gasteiger partial charge in [-0.15, -0.1) is 0 Å². The number of aliphatic hydroxyl groups is 1. The number of hydrogen-bond acceptors (Lipinski definition) is 2. The van der Waals surface area contributed by atoms with Gasteiger partial charge in [-0.25, -0.2) is 0 Å². The summed E-state index contributed by atoms with van der Waals surface area (Å²) in [5, 5.41) is 9.29. The van der Waals surface area contributed by atoms with Gasteiger partial charge in [-0.05, 0) is 19.1 Å². The Bertz CT molecular complexity index is 220. The van der Waals surface area contributed by atoms with Crippen molar-refractivity contribution in [3.05, 3.63) is 24.0 Å². The summed E-state index contributed by atoms with van der Waals surface area (Å²) in [5.41, 5.74) is 0.801. The van der Waals surface area contributed by atoms with E-state index in [-0.39, 0.29) is 0 Å². The van der Waals surface area contributed by atoms with Gasteiger partial charge in [0.1, 0.15) is 0 Å². The van der Waals surface area contributed by atoms with Crippen LogP contribution >= 0.6 is 0 Å². The fourth-order valence-electron chi connectivity index (χ4n) is 1.06. The zero-order valence-electron chi connectivity index (χ0n) is 6.82. The molecule has 1 N–H and O–H groups in total. The minimum atomic E-state index is -0.801. The smallest absolute Gasteiger partial charge is 0.196 e. The van der Waals surface area contributed by atoms with Crippen molar-refractivity contribution in [2.75, 3.05) is 7.11 Å². The van der Waals surface area contributed by atoms with Gasteiger partial charge in [0.05, 0.1) is 5.69 Å². The van der Waals surface area contributed by atoms with Gasteiger partial charge in [-0.1, -0.05) is 0 Å². The van der Waals surface area contributed by atoms with Crippen LogP contribution < -0.4 is 0 Å². The first-order valence-corrected chi connectivity index (χ1v) is 3.65. The lowest BCUT2D eigenvalue weighted by Gasteiger charge is -2.10.